The first-order valence-corrected chi connectivity index (χ1v) is 9.11. The van der Waals surface area contributed by atoms with Crippen LogP contribution >= 0.6 is 0 Å². The van der Waals surface area contributed by atoms with E-state index in [1.165, 1.54) is 21.1 Å². The number of aryl methyl sites for hydroxylation is 1. The highest BCUT2D eigenvalue weighted by Crippen LogP contribution is 2.37. The molecule has 2 heterocycles. The molecular formula is C19H25N5O4. The summed E-state index contributed by atoms with van der Waals surface area (Å²) < 4.78 is 12.6. The largest absolute Gasteiger partial charge is 0.493 e. The minimum atomic E-state index is -0.255. The molecule has 1 aliphatic heterocycles. The van der Waals surface area contributed by atoms with Gasteiger partial charge in [0, 0.05) is 38.5 Å². The summed E-state index contributed by atoms with van der Waals surface area (Å²) in [4.78, 5) is 26.4. The van der Waals surface area contributed by atoms with Gasteiger partial charge in [0.15, 0.2) is 11.5 Å². The van der Waals surface area contributed by atoms with Gasteiger partial charge in [-0.1, -0.05) is 0 Å². The third kappa shape index (κ3) is 3.92. The van der Waals surface area contributed by atoms with Crippen molar-refractivity contribution in [1.82, 2.24) is 19.7 Å². The van der Waals surface area contributed by atoms with Crippen LogP contribution in [0.15, 0.2) is 18.5 Å². The van der Waals surface area contributed by atoms with Crippen LogP contribution in [-0.2, 0) is 11.8 Å². The SMILES string of the molecule is COc1cc(C(=O)N2CCC(c3nncn3C)CC2)cc(NC(C)=O)c1OC. The van der Waals surface area contributed by atoms with Crippen LogP contribution in [0.5, 0.6) is 11.5 Å². The summed E-state index contributed by atoms with van der Waals surface area (Å²) in [5.41, 5.74) is 0.852. The summed E-state index contributed by atoms with van der Waals surface area (Å²) in [6, 6.07) is 3.26. The number of nitrogens with one attached hydrogen (secondary N) is 1. The number of ether oxygens (including phenoxy) is 2. The van der Waals surface area contributed by atoms with Crippen molar-refractivity contribution in [1.29, 1.82) is 0 Å². The standard InChI is InChI=1S/C19H25N5O4/c1-12(25)21-15-9-14(10-16(27-3)17(15)28-4)19(26)24-7-5-13(6-8-24)18-22-20-11-23(18)2/h9-11,13H,5-8H2,1-4H3,(H,21,25). The third-order valence-corrected chi connectivity index (χ3v) is 4.93. The molecule has 2 amide bonds. The molecule has 9 heteroatoms. The Labute approximate surface area is 163 Å². The second-order valence-electron chi connectivity index (χ2n) is 6.81. The van der Waals surface area contributed by atoms with E-state index < -0.39 is 0 Å². The number of anilines is 1. The molecule has 0 unspecified atom stereocenters. The lowest BCUT2D eigenvalue weighted by Gasteiger charge is -2.31. The number of rotatable bonds is 5. The number of nitrogens with zero attached hydrogens (tertiary/aromatic N) is 4. The molecular weight excluding hydrogens is 362 g/mol. The maximum absolute atomic E-state index is 13.0. The summed E-state index contributed by atoms with van der Waals surface area (Å²) in [7, 11) is 4.91. The number of carbonyl (C=O) groups is 2. The molecule has 150 valence electrons. The lowest BCUT2D eigenvalue weighted by atomic mass is 9.95. The highest BCUT2D eigenvalue weighted by molar-refractivity contribution is 5.99. The quantitative estimate of drug-likeness (QED) is 0.840. The molecule has 1 saturated heterocycles. The molecule has 0 saturated carbocycles. The highest BCUT2D eigenvalue weighted by atomic mass is 16.5. The fourth-order valence-corrected chi connectivity index (χ4v) is 3.56. The molecule has 1 aromatic carbocycles. The van der Waals surface area contributed by atoms with Crippen LogP contribution in [0.4, 0.5) is 5.69 Å². The predicted octanol–water partition coefficient (Wildman–Crippen LogP) is 1.81. The molecule has 0 radical (unpaired) electrons. The second-order valence-corrected chi connectivity index (χ2v) is 6.81. The van der Waals surface area contributed by atoms with Crippen molar-refractivity contribution >= 4 is 17.5 Å². The van der Waals surface area contributed by atoms with Gasteiger partial charge in [-0.2, -0.15) is 0 Å². The smallest absolute Gasteiger partial charge is 0.254 e. The van der Waals surface area contributed by atoms with E-state index >= 15 is 0 Å². The Morgan fingerprint density at radius 1 is 1.18 bits per heavy atom. The molecule has 1 fully saturated rings. The molecule has 0 aliphatic carbocycles. The van der Waals surface area contributed by atoms with Crippen LogP contribution in [0.3, 0.4) is 0 Å². The zero-order chi connectivity index (χ0) is 20.3. The van der Waals surface area contributed by atoms with E-state index in [0.29, 0.717) is 35.8 Å². The van der Waals surface area contributed by atoms with Crippen LogP contribution in [0.2, 0.25) is 0 Å². The average Bonchev–Trinajstić information content (AvgIpc) is 3.12. The van der Waals surface area contributed by atoms with Crippen LogP contribution < -0.4 is 14.8 Å². The average molecular weight is 387 g/mol. The summed E-state index contributed by atoms with van der Waals surface area (Å²) in [6.07, 6.45) is 3.34. The van der Waals surface area contributed by atoms with Crippen molar-refractivity contribution in [3.8, 4) is 11.5 Å². The maximum atomic E-state index is 13.0. The number of aromatic nitrogens is 3. The lowest BCUT2D eigenvalue weighted by Crippen LogP contribution is -2.38. The number of methoxy groups -OCH3 is 2. The fraction of sp³-hybridized carbons (Fsp3) is 0.474. The molecule has 0 bridgehead atoms. The number of carbonyl (C=O) groups excluding carboxylic acids is 2. The molecule has 3 rings (SSSR count). The first-order valence-electron chi connectivity index (χ1n) is 9.11. The lowest BCUT2D eigenvalue weighted by molar-refractivity contribution is -0.114. The number of likely N-dealkylation sites (tertiary alicyclic amines) is 1. The summed E-state index contributed by atoms with van der Waals surface area (Å²) in [6.45, 7) is 2.65. The van der Waals surface area contributed by atoms with Gasteiger partial charge in [0.05, 0.1) is 19.9 Å². The number of amides is 2. The zero-order valence-corrected chi connectivity index (χ0v) is 16.6. The minimum Gasteiger partial charge on any atom is -0.493 e. The number of piperidine rings is 1. The van der Waals surface area contributed by atoms with Crippen molar-refractivity contribution < 1.29 is 19.1 Å². The van der Waals surface area contributed by atoms with E-state index in [1.54, 1.807) is 18.5 Å². The molecule has 0 spiro atoms. The molecule has 28 heavy (non-hydrogen) atoms. The summed E-state index contributed by atoms with van der Waals surface area (Å²) in [5.74, 6) is 1.66. The predicted molar refractivity (Wildman–Crippen MR) is 103 cm³/mol. The Balaban J connectivity index is 1.79. The van der Waals surface area contributed by atoms with Crippen molar-refractivity contribution in [3.05, 3.63) is 29.8 Å². The van der Waals surface area contributed by atoms with E-state index in [9.17, 15) is 9.59 Å². The highest BCUT2D eigenvalue weighted by Gasteiger charge is 2.28. The topological polar surface area (TPSA) is 98.6 Å². The third-order valence-electron chi connectivity index (χ3n) is 4.93. The number of benzene rings is 1. The van der Waals surface area contributed by atoms with Gasteiger partial charge in [-0.3, -0.25) is 9.59 Å². The van der Waals surface area contributed by atoms with Crippen molar-refractivity contribution in [2.45, 2.75) is 25.7 Å². The minimum absolute atomic E-state index is 0.107. The number of hydrogen-bond donors (Lipinski definition) is 1. The van der Waals surface area contributed by atoms with Crippen molar-refractivity contribution in [2.24, 2.45) is 7.05 Å². The van der Waals surface area contributed by atoms with Gasteiger partial charge in [0.1, 0.15) is 12.2 Å². The molecule has 1 aromatic heterocycles. The first kappa shape index (κ1) is 19.7. The molecule has 1 N–H and O–H groups in total. The molecule has 2 aromatic rings. The Kier molecular flexibility index (Phi) is 5.81. The Morgan fingerprint density at radius 2 is 1.89 bits per heavy atom. The van der Waals surface area contributed by atoms with Crippen LogP contribution in [-0.4, -0.2) is 58.8 Å². The van der Waals surface area contributed by atoms with Gasteiger partial charge in [-0.15, -0.1) is 10.2 Å². The Hall–Kier alpha value is -3.10. The first-order chi connectivity index (χ1) is 13.4. The maximum Gasteiger partial charge on any atom is 0.254 e. The van der Waals surface area contributed by atoms with Gasteiger partial charge in [-0.05, 0) is 25.0 Å². The monoisotopic (exact) mass is 387 g/mol. The zero-order valence-electron chi connectivity index (χ0n) is 16.6. The Morgan fingerprint density at radius 3 is 2.43 bits per heavy atom. The summed E-state index contributed by atoms with van der Waals surface area (Å²) in [5, 5.41) is 10.8. The second kappa shape index (κ2) is 8.28. The van der Waals surface area contributed by atoms with Crippen LogP contribution in [0.1, 0.15) is 41.9 Å². The van der Waals surface area contributed by atoms with Crippen LogP contribution in [0, 0.1) is 0 Å². The summed E-state index contributed by atoms with van der Waals surface area (Å²) >= 11 is 0. The fourth-order valence-electron chi connectivity index (χ4n) is 3.56. The Bertz CT molecular complexity index is 871. The molecule has 1 aliphatic rings. The molecule has 0 atom stereocenters. The number of hydrogen-bond acceptors (Lipinski definition) is 6. The van der Waals surface area contributed by atoms with E-state index in [0.717, 1.165) is 18.7 Å². The molecule has 9 nitrogen and oxygen atoms in total. The van der Waals surface area contributed by atoms with E-state index in [-0.39, 0.29) is 17.7 Å². The van der Waals surface area contributed by atoms with Gasteiger partial charge in [-0.25, -0.2) is 0 Å². The van der Waals surface area contributed by atoms with Gasteiger partial charge in [0.25, 0.3) is 5.91 Å². The normalized spacial score (nSPS) is 14.6. The van der Waals surface area contributed by atoms with E-state index in [4.69, 9.17) is 9.47 Å². The van der Waals surface area contributed by atoms with Crippen molar-refractivity contribution in [3.63, 3.8) is 0 Å². The van der Waals surface area contributed by atoms with Crippen molar-refractivity contribution in [2.75, 3.05) is 32.6 Å². The van der Waals surface area contributed by atoms with Gasteiger partial charge >= 0.3 is 0 Å². The van der Waals surface area contributed by atoms with Gasteiger partial charge in [0.2, 0.25) is 5.91 Å². The van der Waals surface area contributed by atoms with E-state index in [2.05, 4.69) is 15.5 Å². The van der Waals surface area contributed by atoms with Gasteiger partial charge < -0.3 is 24.3 Å². The van der Waals surface area contributed by atoms with E-state index in [1.807, 2.05) is 16.5 Å². The van der Waals surface area contributed by atoms with Crippen LogP contribution in [0.25, 0.3) is 0 Å².